The highest BCUT2D eigenvalue weighted by atomic mass is 16.6. The van der Waals surface area contributed by atoms with Gasteiger partial charge in [0.25, 0.3) is 0 Å². The minimum atomic E-state index is -0.160. The highest BCUT2D eigenvalue weighted by Crippen LogP contribution is 2.41. The molecular weight excluding hydrogens is 238 g/mol. The summed E-state index contributed by atoms with van der Waals surface area (Å²) < 4.78 is 5.81. The third-order valence-electron chi connectivity index (χ3n) is 5.61. The maximum atomic E-state index is 12.5. The normalized spacial score (nSPS) is 36.5. The lowest BCUT2D eigenvalue weighted by Crippen LogP contribution is -2.56. The van der Waals surface area contributed by atoms with Crippen LogP contribution in [0.15, 0.2) is 0 Å². The first-order valence-corrected chi connectivity index (χ1v) is 8.12. The second-order valence-electron chi connectivity index (χ2n) is 7.06. The molecule has 108 valence electrons. The van der Waals surface area contributed by atoms with Crippen molar-refractivity contribution in [1.29, 1.82) is 0 Å². The van der Waals surface area contributed by atoms with Gasteiger partial charge in [0.2, 0.25) is 0 Å². The van der Waals surface area contributed by atoms with E-state index in [9.17, 15) is 4.79 Å². The van der Waals surface area contributed by atoms with Crippen LogP contribution in [0.5, 0.6) is 0 Å². The van der Waals surface area contributed by atoms with E-state index in [-0.39, 0.29) is 11.7 Å². The van der Waals surface area contributed by atoms with Crippen molar-refractivity contribution < 1.29 is 9.53 Å². The van der Waals surface area contributed by atoms with E-state index in [1.807, 2.05) is 0 Å². The number of amides is 1. The molecule has 0 aromatic rings. The summed E-state index contributed by atoms with van der Waals surface area (Å²) in [4.78, 5) is 14.6. The highest BCUT2D eigenvalue weighted by Gasteiger charge is 2.44. The van der Waals surface area contributed by atoms with E-state index in [4.69, 9.17) is 4.74 Å². The number of rotatable bonds is 2. The lowest BCUT2D eigenvalue weighted by atomic mass is 9.77. The predicted molar refractivity (Wildman–Crippen MR) is 75.0 cm³/mol. The second kappa shape index (κ2) is 4.99. The molecule has 3 rings (SSSR count). The van der Waals surface area contributed by atoms with E-state index >= 15 is 0 Å². The third kappa shape index (κ3) is 2.48. The third-order valence-corrected chi connectivity index (χ3v) is 5.61. The summed E-state index contributed by atoms with van der Waals surface area (Å²) in [5, 5.41) is 0. The number of ether oxygens (including phenoxy) is 1. The number of hydrogen-bond acceptors (Lipinski definition) is 2. The van der Waals surface area contributed by atoms with Crippen LogP contribution in [0.25, 0.3) is 0 Å². The molecule has 19 heavy (non-hydrogen) atoms. The van der Waals surface area contributed by atoms with E-state index in [1.165, 1.54) is 44.9 Å². The van der Waals surface area contributed by atoms with Crippen molar-refractivity contribution in [1.82, 2.24) is 4.90 Å². The Morgan fingerprint density at radius 3 is 2.32 bits per heavy atom. The quantitative estimate of drug-likeness (QED) is 0.752. The molecule has 0 radical (unpaired) electrons. The largest absolute Gasteiger partial charge is 0.443 e. The van der Waals surface area contributed by atoms with Crippen LogP contribution >= 0.6 is 0 Å². The molecule has 1 amide bonds. The molecule has 2 atom stereocenters. The van der Waals surface area contributed by atoms with Crippen LogP contribution in [0.1, 0.15) is 71.6 Å². The Labute approximate surface area is 116 Å². The molecule has 1 saturated carbocycles. The predicted octanol–water partition coefficient (Wildman–Crippen LogP) is 4.11. The fourth-order valence-corrected chi connectivity index (χ4v) is 4.17. The van der Waals surface area contributed by atoms with Gasteiger partial charge >= 0.3 is 6.09 Å². The summed E-state index contributed by atoms with van der Waals surface area (Å²) in [6, 6.07) is 0.905. The highest BCUT2D eigenvalue weighted by molar-refractivity contribution is 5.69. The van der Waals surface area contributed by atoms with E-state index in [1.54, 1.807) is 0 Å². The molecule has 2 bridgehead atoms. The molecule has 3 aliphatic rings. The van der Waals surface area contributed by atoms with Gasteiger partial charge in [0, 0.05) is 12.1 Å². The summed E-state index contributed by atoms with van der Waals surface area (Å²) >= 11 is 0. The Morgan fingerprint density at radius 2 is 1.84 bits per heavy atom. The average molecular weight is 265 g/mol. The SMILES string of the molecule is CCC1CC2CCCC(C1)N2C(=O)OC1(C)CCC1. The van der Waals surface area contributed by atoms with Crippen LogP contribution < -0.4 is 0 Å². The minimum Gasteiger partial charge on any atom is -0.443 e. The zero-order valence-corrected chi connectivity index (χ0v) is 12.4. The number of carbonyl (C=O) groups excluding carboxylic acids is 1. The van der Waals surface area contributed by atoms with Gasteiger partial charge in [0.05, 0.1) is 0 Å². The van der Waals surface area contributed by atoms with Gasteiger partial charge in [0.15, 0.2) is 0 Å². The van der Waals surface area contributed by atoms with Crippen molar-refractivity contribution in [3.05, 3.63) is 0 Å². The summed E-state index contributed by atoms with van der Waals surface area (Å²) in [5.74, 6) is 0.818. The fourth-order valence-electron chi connectivity index (χ4n) is 4.17. The molecule has 3 nitrogen and oxygen atoms in total. The van der Waals surface area contributed by atoms with Gasteiger partial charge in [-0.25, -0.2) is 4.79 Å². The fraction of sp³-hybridized carbons (Fsp3) is 0.938. The zero-order valence-electron chi connectivity index (χ0n) is 12.4. The number of fused-ring (bicyclic) bond motifs is 2. The zero-order chi connectivity index (χ0) is 13.5. The Bertz CT molecular complexity index is 337. The molecule has 2 aliphatic heterocycles. The van der Waals surface area contributed by atoms with Crippen molar-refractivity contribution in [3.63, 3.8) is 0 Å². The van der Waals surface area contributed by atoms with Crippen LogP contribution in [0.4, 0.5) is 4.79 Å². The van der Waals surface area contributed by atoms with Gasteiger partial charge in [0.1, 0.15) is 5.60 Å². The van der Waals surface area contributed by atoms with Crippen LogP contribution in [0, 0.1) is 5.92 Å². The minimum absolute atomic E-state index is 0.0218. The van der Waals surface area contributed by atoms with Crippen molar-refractivity contribution in [2.75, 3.05) is 0 Å². The molecule has 3 fully saturated rings. The number of carbonyl (C=O) groups is 1. The average Bonchev–Trinajstić information content (AvgIpc) is 2.35. The topological polar surface area (TPSA) is 29.5 Å². The van der Waals surface area contributed by atoms with Crippen molar-refractivity contribution >= 4 is 6.09 Å². The summed E-state index contributed by atoms with van der Waals surface area (Å²) in [5.41, 5.74) is -0.160. The Morgan fingerprint density at radius 1 is 1.21 bits per heavy atom. The molecule has 0 aromatic heterocycles. The van der Waals surface area contributed by atoms with Crippen LogP contribution in [-0.4, -0.2) is 28.7 Å². The molecule has 0 spiro atoms. The van der Waals surface area contributed by atoms with Crippen molar-refractivity contribution in [3.8, 4) is 0 Å². The second-order valence-corrected chi connectivity index (χ2v) is 7.06. The monoisotopic (exact) mass is 265 g/mol. The smallest absolute Gasteiger partial charge is 0.410 e. The molecule has 2 saturated heterocycles. The molecule has 2 heterocycles. The molecule has 2 unspecified atom stereocenters. The summed E-state index contributed by atoms with van der Waals surface area (Å²) in [6.45, 7) is 4.37. The molecular formula is C16H27NO2. The molecule has 0 aromatic carbocycles. The summed E-state index contributed by atoms with van der Waals surface area (Å²) in [6.07, 6.45) is 10.6. The lowest BCUT2D eigenvalue weighted by Gasteiger charge is -2.49. The van der Waals surface area contributed by atoms with Gasteiger partial charge < -0.3 is 9.64 Å². The lowest BCUT2D eigenvalue weighted by molar-refractivity contribution is -0.0724. The van der Waals surface area contributed by atoms with Crippen LogP contribution in [0.3, 0.4) is 0 Å². The Hall–Kier alpha value is -0.730. The molecule has 0 N–H and O–H groups in total. The molecule has 1 aliphatic carbocycles. The maximum Gasteiger partial charge on any atom is 0.410 e. The molecule has 3 heteroatoms. The first-order chi connectivity index (χ1) is 9.11. The van der Waals surface area contributed by atoms with E-state index in [2.05, 4.69) is 18.7 Å². The standard InChI is InChI=1S/C16H27NO2/c1-3-12-10-13-6-4-7-14(11-12)17(13)15(18)19-16(2)8-5-9-16/h12-14H,3-11H2,1-2H3. The number of nitrogens with zero attached hydrogens (tertiary/aromatic N) is 1. The Balaban J connectivity index is 1.67. The first kappa shape index (κ1) is 13.3. The van der Waals surface area contributed by atoms with Gasteiger partial charge in [-0.1, -0.05) is 13.3 Å². The maximum absolute atomic E-state index is 12.5. The van der Waals surface area contributed by atoms with E-state index in [0.29, 0.717) is 12.1 Å². The van der Waals surface area contributed by atoms with Crippen LogP contribution in [0.2, 0.25) is 0 Å². The van der Waals surface area contributed by atoms with Crippen molar-refractivity contribution in [2.45, 2.75) is 89.3 Å². The van der Waals surface area contributed by atoms with Gasteiger partial charge in [-0.15, -0.1) is 0 Å². The van der Waals surface area contributed by atoms with Crippen LogP contribution in [-0.2, 0) is 4.74 Å². The van der Waals surface area contributed by atoms with Crippen molar-refractivity contribution in [2.24, 2.45) is 5.92 Å². The number of hydrogen-bond donors (Lipinski definition) is 0. The van der Waals surface area contributed by atoms with Gasteiger partial charge in [-0.3, -0.25) is 0 Å². The van der Waals surface area contributed by atoms with Gasteiger partial charge in [-0.05, 0) is 64.2 Å². The summed E-state index contributed by atoms with van der Waals surface area (Å²) in [7, 11) is 0. The Kier molecular flexibility index (Phi) is 3.48. The van der Waals surface area contributed by atoms with E-state index < -0.39 is 0 Å². The first-order valence-electron chi connectivity index (χ1n) is 8.12. The van der Waals surface area contributed by atoms with Gasteiger partial charge in [-0.2, -0.15) is 0 Å². The van der Waals surface area contributed by atoms with E-state index in [0.717, 1.165) is 18.8 Å². The number of piperidine rings is 2.